The summed E-state index contributed by atoms with van der Waals surface area (Å²) in [4.78, 5) is 25.0. The number of aliphatic carboxylic acids is 1. The number of nitrogens with zero attached hydrogens (tertiary/aromatic N) is 1. The monoisotopic (exact) mass is 245 g/mol. The van der Waals surface area contributed by atoms with Gasteiger partial charge in [0.05, 0.1) is 0 Å². The summed E-state index contributed by atoms with van der Waals surface area (Å²) in [6.45, 7) is 0. The van der Waals surface area contributed by atoms with Gasteiger partial charge in [-0.2, -0.15) is 0 Å². The number of carboxylic acids is 1. The molecule has 0 bridgehead atoms. The highest BCUT2D eigenvalue weighted by Gasteiger charge is 2.39. The normalized spacial score (nSPS) is 21.8. The van der Waals surface area contributed by atoms with E-state index in [2.05, 4.69) is 0 Å². The van der Waals surface area contributed by atoms with Crippen LogP contribution in [0.3, 0.4) is 0 Å². The smallest absolute Gasteiger partial charge is 0.327 e. The van der Waals surface area contributed by atoms with Gasteiger partial charge in [0.15, 0.2) is 0 Å². The Bertz CT molecular complexity index is 508. The molecule has 4 nitrogen and oxygen atoms in total. The fraction of sp³-hybridized carbons (Fsp3) is 0.429. The van der Waals surface area contributed by atoms with E-state index < -0.39 is 12.0 Å². The van der Waals surface area contributed by atoms with Crippen molar-refractivity contribution in [1.29, 1.82) is 0 Å². The molecule has 1 saturated carbocycles. The van der Waals surface area contributed by atoms with Gasteiger partial charge in [0, 0.05) is 18.5 Å². The van der Waals surface area contributed by atoms with E-state index in [4.69, 9.17) is 0 Å². The maximum Gasteiger partial charge on any atom is 0.327 e. The third-order valence-electron chi connectivity index (χ3n) is 3.69. The van der Waals surface area contributed by atoms with Gasteiger partial charge in [-0.05, 0) is 30.4 Å². The predicted molar refractivity (Wildman–Crippen MR) is 66.4 cm³/mol. The van der Waals surface area contributed by atoms with E-state index in [1.54, 1.807) is 0 Å². The van der Waals surface area contributed by atoms with Gasteiger partial charge < -0.3 is 5.11 Å². The number of anilines is 1. The lowest BCUT2D eigenvalue weighted by atomic mass is 10.1. The highest BCUT2D eigenvalue weighted by Crippen LogP contribution is 2.37. The first-order valence-electron chi connectivity index (χ1n) is 6.29. The summed E-state index contributed by atoms with van der Waals surface area (Å²) in [5, 5.41) is 9.26. The van der Waals surface area contributed by atoms with E-state index >= 15 is 0 Å². The lowest BCUT2D eigenvalue weighted by molar-refractivity contribution is -0.139. The van der Waals surface area contributed by atoms with Crippen LogP contribution in [-0.4, -0.2) is 23.0 Å². The van der Waals surface area contributed by atoms with Gasteiger partial charge in [-0.3, -0.25) is 9.69 Å². The molecule has 1 aliphatic heterocycles. The second-order valence-electron chi connectivity index (χ2n) is 5.10. The third kappa shape index (κ3) is 1.88. The molecule has 0 aromatic heterocycles. The molecule has 18 heavy (non-hydrogen) atoms. The minimum Gasteiger partial charge on any atom is -0.480 e. The summed E-state index contributed by atoms with van der Waals surface area (Å²) in [5.74, 6) is -0.495. The van der Waals surface area contributed by atoms with Crippen LogP contribution < -0.4 is 4.90 Å². The van der Waals surface area contributed by atoms with Crippen molar-refractivity contribution in [3.63, 3.8) is 0 Å². The van der Waals surface area contributed by atoms with Gasteiger partial charge in [0.25, 0.3) is 0 Å². The van der Waals surface area contributed by atoms with Gasteiger partial charge in [-0.15, -0.1) is 0 Å². The number of carbonyl (C=O) groups excluding carboxylic acids is 1. The number of benzene rings is 1. The van der Waals surface area contributed by atoms with Crippen LogP contribution in [0.4, 0.5) is 5.69 Å². The Labute approximate surface area is 105 Å². The van der Waals surface area contributed by atoms with E-state index in [1.807, 2.05) is 24.3 Å². The van der Waals surface area contributed by atoms with Crippen molar-refractivity contribution in [2.24, 2.45) is 5.92 Å². The minimum absolute atomic E-state index is 0.0464. The maximum atomic E-state index is 12.2. The predicted octanol–water partition coefficient (Wildman–Crippen LogP) is 1.83. The summed E-state index contributed by atoms with van der Waals surface area (Å²) in [6, 6.07) is 6.74. The molecule has 1 amide bonds. The van der Waals surface area contributed by atoms with Crippen molar-refractivity contribution in [2.75, 3.05) is 4.90 Å². The summed E-state index contributed by atoms with van der Waals surface area (Å²) >= 11 is 0. The van der Waals surface area contributed by atoms with Crippen molar-refractivity contribution >= 4 is 17.6 Å². The molecule has 1 N–H and O–H groups in total. The van der Waals surface area contributed by atoms with Gasteiger partial charge >= 0.3 is 5.97 Å². The topological polar surface area (TPSA) is 57.6 Å². The van der Waals surface area contributed by atoms with Crippen molar-refractivity contribution in [1.82, 2.24) is 0 Å². The standard InChI is InChI=1S/C14H15NO3/c16-13(7-9-5-6-9)15-11-4-2-1-3-10(11)8-12(15)14(17)18/h1-4,9,12H,5-8H2,(H,17,18). The highest BCUT2D eigenvalue weighted by atomic mass is 16.4. The molecule has 1 unspecified atom stereocenters. The zero-order valence-electron chi connectivity index (χ0n) is 10.0. The Hall–Kier alpha value is -1.84. The number of carboxylic acid groups (broad SMARTS) is 1. The average molecular weight is 245 g/mol. The van der Waals surface area contributed by atoms with Crippen LogP contribution in [0.5, 0.6) is 0 Å². The molecular formula is C14H15NO3. The molecule has 1 aliphatic carbocycles. The summed E-state index contributed by atoms with van der Waals surface area (Å²) < 4.78 is 0. The molecular weight excluding hydrogens is 230 g/mol. The van der Waals surface area contributed by atoms with Crippen molar-refractivity contribution in [3.05, 3.63) is 29.8 Å². The highest BCUT2D eigenvalue weighted by molar-refractivity contribution is 6.02. The second kappa shape index (κ2) is 4.12. The lowest BCUT2D eigenvalue weighted by Gasteiger charge is -2.22. The van der Waals surface area contributed by atoms with Gasteiger partial charge in [-0.1, -0.05) is 18.2 Å². The first-order chi connectivity index (χ1) is 8.66. The molecule has 2 aliphatic rings. The number of hydrogen-bond acceptors (Lipinski definition) is 2. The second-order valence-corrected chi connectivity index (χ2v) is 5.10. The molecule has 0 spiro atoms. The summed E-state index contributed by atoms with van der Waals surface area (Å²) in [7, 11) is 0. The summed E-state index contributed by atoms with van der Waals surface area (Å²) in [6.07, 6.45) is 3.10. The fourth-order valence-electron chi connectivity index (χ4n) is 2.56. The van der Waals surface area contributed by atoms with E-state index in [-0.39, 0.29) is 5.91 Å². The SMILES string of the molecule is O=C(O)C1Cc2ccccc2N1C(=O)CC1CC1. The number of para-hydroxylation sites is 1. The van der Waals surface area contributed by atoms with Crippen LogP contribution >= 0.6 is 0 Å². The molecule has 4 heteroatoms. The van der Waals surface area contributed by atoms with Crippen LogP contribution in [0.2, 0.25) is 0 Å². The van der Waals surface area contributed by atoms with Crippen LogP contribution in [0, 0.1) is 5.92 Å². The Kier molecular flexibility index (Phi) is 2.58. The number of fused-ring (bicyclic) bond motifs is 1. The van der Waals surface area contributed by atoms with Gasteiger partial charge in [-0.25, -0.2) is 4.79 Å². The van der Waals surface area contributed by atoms with E-state index in [1.165, 1.54) is 4.90 Å². The quantitative estimate of drug-likeness (QED) is 0.883. The number of carbonyl (C=O) groups is 2. The third-order valence-corrected chi connectivity index (χ3v) is 3.69. The largest absolute Gasteiger partial charge is 0.480 e. The van der Waals surface area contributed by atoms with E-state index in [9.17, 15) is 14.7 Å². The number of hydrogen-bond donors (Lipinski definition) is 1. The molecule has 0 radical (unpaired) electrons. The molecule has 1 atom stereocenters. The number of amides is 1. The van der Waals surface area contributed by atoms with E-state index in [0.29, 0.717) is 18.8 Å². The minimum atomic E-state index is -0.921. The van der Waals surface area contributed by atoms with Crippen molar-refractivity contribution in [3.8, 4) is 0 Å². The molecule has 94 valence electrons. The number of rotatable bonds is 3. The molecule has 3 rings (SSSR count). The Morgan fingerprint density at radius 3 is 2.67 bits per heavy atom. The lowest BCUT2D eigenvalue weighted by Crippen LogP contribution is -2.42. The molecule has 1 aromatic rings. The zero-order chi connectivity index (χ0) is 12.7. The molecule has 1 heterocycles. The van der Waals surface area contributed by atoms with Crippen LogP contribution in [0.15, 0.2) is 24.3 Å². The molecule has 0 saturated heterocycles. The average Bonchev–Trinajstić information content (AvgIpc) is 3.06. The first kappa shape index (κ1) is 11.3. The molecule has 1 fully saturated rings. The van der Waals surface area contributed by atoms with Crippen LogP contribution in [0.1, 0.15) is 24.8 Å². The van der Waals surface area contributed by atoms with Crippen LogP contribution in [-0.2, 0) is 16.0 Å². The van der Waals surface area contributed by atoms with Crippen molar-refractivity contribution < 1.29 is 14.7 Å². The molecule has 1 aromatic carbocycles. The maximum absolute atomic E-state index is 12.2. The van der Waals surface area contributed by atoms with Crippen molar-refractivity contribution in [2.45, 2.75) is 31.7 Å². The van der Waals surface area contributed by atoms with E-state index in [0.717, 1.165) is 24.1 Å². The van der Waals surface area contributed by atoms with Crippen LogP contribution in [0.25, 0.3) is 0 Å². The Morgan fingerprint density at radius 1 is 1.28 bits per heavy atom. The first-order valence-corrected chi connectivity index (χ1v) is 6.29. The Morgan fingerprint density at radius 2 is 2.00 bits per heavy atom. The Balaban J connectivity index is 1.91. The summed E-state index contributed by atoms with van der Waals surface area (Å²) in [5.41, 5.74) is 1.73. The zero-order valence-corrected chi connectivity index (χ0v) is 10.0. The fourth-order valence-corrected chi connectivity index (χ4v) is 2.56. The van der Waals surface area contributed by atoms with Gasteiger partial charge in [0.2, 0.25) is 5.91 Å². The van der Waals surface area contributed by atoms with Gasteiger partial charge in [0.1, 0.15) is 6.04 Å².